The maximum atomic E-state index is 10.8. The molecule has 3 atom stereocenters. The molecule has 2 aliphatic carbocycles. The molecule has 3 N–H and O–H groups in total. The van der Waals surface area contributed by atoms with Crippen molar-refractivity contribution in [3.05, 3.63) is 29.3 Å². The number of aliphatic carboxylic acids is 1. The van der Waals surface area contributed by atoms with Crippen LogP contribution in [0.1, 0.15) is 17.0 Å². The van der Waals surface area contributed by atoms with Crippen LogP contribution < -0.4 is 5.73 Å². The second-order valence-electron chi connectivity index (χ2n) is 4.17. The van der Waals surface area contributed by atoms with Crippen LogP contribution >= 0.6 is 0 Å². The summed E-state index contributed by atoms with van der Waals surface area (Å²) < 4.78 is 0. The fourth-order valence-electron chi connectivity index (χ4n) is 2.80. The highest BCUT2D eigenvalue weighted by atomic mass is 16.4. The molecule has 0 aliphatic heterocycles. The standard InChI is InChI=1S/C11H11NO2/c12-8-3-1-2-5-6(8)4-7-9(5)10(7)11(13)14/h1-3,7,9-10H,4,12H2,(H,13,14)/t7-,9+,10-/m0/s1. The van der Waals surface area contributed by atoms with Crippen LogP contribution in [0, 0.1) is 11.8 Å². The van der Waals surface area contributed by atoms with Gasteiger partial charge in [-0.3, -0.25) is 4.79 Å². The minimum atomic E-state index is -0.659. The molecule has 0 unspecified atom stereocenters. The summed E-state index contributed by atoms with van der Waals surface area (Å²) in [7, 11) is 0. The van der Waals surface area contributed by atoms with E-state index < -0.39 is 5.97 Å². The third-order valence-electron chi connectivity index (χ3n) is 3.50. The molecule has 0 radical (unpaired) electrons. The number of hydrogen-bond acceptors (Lipinski definition) is 2. The zero-order chi connectivity index (χ0) is 9.87. The summed E-state index contributed by atoms with van der Waals surface area (Å²) in [6.07, 6.45) is 0.851. The van der Waals surface area contributed by atoms with Crippen molar-refractivity contribution >= 4 is 11.7 Å². The van der Waals surface area contributed by atoms with Crippen LogP contribution in [0.25, 0.3) is 0 Å². The Morgan fingerprint density at radius 2 is 2.29 bits per heavy atom. The number of rotatable bonds is 1. The summed E-state index contributed by atoms with van der Waals surface area (Å²) in [5, 5.41) is 8.92. The van der Waals surface area contributed by atoms with E-state index in [4.69, 9.17) is 10.8 Å². The number of anilines is 1. The number of fused-ring (bicyclic) bond motifs is 3. The van der Waals surface area contributed by atoms with E-state index in [1.165, 1.54) is 11.1 Å². The van der Waals surface area contributed by atoms with Gasteiger partial charge >= 0.3 is 5.97 Å². The zero-order valence-corrected chi connectivity index (χ0v) is 7.60. The Morgan fingerprint density at radius 1 is 1.50 bits per heavy atom. The lowest BCUT2D eigenvalue weighted by Crippen LogP contribution is -2.06. The lowest BCUT2D eigenvalue weighted by Gasteiger charge is -2.07. The molecule has 1 aromatic carbocycles. The van der Waals surface area contributed by atoms with E-state index in [-0.39, 0.29) is 11.8 Å². The van der Waals surface area contributed by atoms with Gasteiger partial charge in [0.2, 0.25) is 0 Å². The Kier molecular flexibility index (Phi) is 1.29. The van der Waals surface area contributed by atoms with Gasteiger partial charge in [-0.1, -0.05) is 12.1 Å². The molecule has 3 heteroatoms. The first-order valence-corrected chi connectivity index (χ1v) is 4.80. The molecular weight excluding hydrogens is 178 g/mol. The second kappa shape index (κ2) is 2.29. The van der Waals surface area contributed by atoms with Crippen LogP contribution in [0.5, 0.6) is 0 Å². The van der Waals surface area contributed by atoms with E-state index in [0.29, 0.717) is 5.92 Å². The SMILES string of the molecule is Nc1cccc2c1C[C@@H]1[C@H](C(=O)O)[C@H]21. The third kappa shape index (κ3) is 0.794. The van der Waals surface area contributed by atoms with Crippen molar-refractivity contribution in [2.75, 3.05) is 5.73 Å². The molecule has 0 spiro atoms. The minimum Gasteiger partial charge on any atom is -0.481 e. The van der Waals surface area contributed by atoms with Crippen LogP contribution in [0.15, 0.2) is 18.2 Å². The van der Waals surface area contributed by atoms with Crippen molar-refractivity contribution < 1.29 is 9.90 Å². The van der Waals surface area contributed by atoms with Gasteiger partial charge in [0.05, 0.1) is 5.92 Å². The molecule has 0 saturated heterocycles. The molecule has 1 saturated carbocycles. The summed E-state index contributed by atoms with van der Waals surface area (Å²) in [5.41, 5.74) is 9.00. The van der Waals surface area contributed by atoms with Crippen molar-refractivity contribution in [2.45, 2.75) is 12.3 Å². The Labute approximate surface area is 81.5 Å². The number of carboxylic acid groups (broad SMARTS) is 1. The maximum absolute atomic E-state index is 10.8. The summed E-state index contributed by atoms with van der Waals surface area (Å²) in [6.45, 7) is 0. The molecular formula is C11H11NO2. The van der Waals surface area contributed by atoms with Crippen molar-refractivity contribution in [2.24, 2.45) is 11.8 Å². The molecule has 72 valence electrons. The first-order valence-electron chi connectivity index (χ1n) is 4.80. The largest absolute Gasteiger partial charge is 0.481 e. The molecule has 1 aromatic rings. The molecule has 3 rings (SSSR count). The second-order valence-corrected chi connectivity index (χ2v) is 4.17. The highest BCUT2D eigenvalue weighted by molar-refractivity contribution is 5.78. The lowest BCUT2D eigenvalue weighted by atomic mass is 10.0. The van der Waals surface area contributed by atoms with Gasteiger partial charge < -0.3 is 10.8 Å². The molecule has 0 amide bonds. The number of benzene rings is 1. The van der Waals surface area contributed by atoms with Gasteiger partial charge in [0.25, 0.3) is 0 Å². The summed E-state index contributed by atoms with van der Waals surface area (Å²) in [6, 6.07) is 5.81. The normalized spacial score (nSPS) is 32.1. The van der Waals surface area contributed by atoms with Crippen LogP contribution in [-0.2, 0) is 11.2 Å². The smallest absolute Gasteiger partial charge is 0.307 e. The van der Waals surface area contributed by atoms with Crippen molar-refractivity contribution in [3.8, 4) is 0 Å². The van der Waals surface area contributed by atoms with E-state index in [1.54, 1.807) is 0 Å². The molecule has 3 nitrogen and oxygen atoms in total. The fourth-order valence-corrected chi connectivity index (χ4v) is 2.80. The van der Waals surface area contributed by atoms with Gasteiger partial charge in [0.15, 0.2) is 0 Å². The number of nitrogens with two attached hydrogens (primary N) is 1. The molecule has 0 aromatic heterocycles. The fraction of sp³-hybridized carbons (Fsp3) is 0.364. The van der Waals surface area contributed by atoms with E-state index in [1.807, 2.05) is 18.2 Å². The quantitative estimate of drug-likeness (QED) is 0.653. The minimum absolute atomic E-state index is 0.149. The predicted octanol–water partition coefficient (Wildman–Crippen LogP) is 1.24. The van der Waals surface area contributed by atoms with Crippen molar-refractivity contribution in [3.63, 3.8) is 0 Å². The Morgan fingerprint density at radius 3 is 3.00 bits per heavy atom. The summed E-state index contributed by atoms with van der Waals surface area (Å²) in [5.74, 6) is -0.254. The molecule has 1 fully saturated rings. The third-order valence-corrected chi connectivity index (χ3v) is 3.50. The molecule has 2 aliphatic rings. The molecule has 0 bridgehead atoms. The summed E-state index contributed by atoms with van der Waals surface area (Å²) in [4.78, 5) is 10.8. The molecule has 14 heavy (non-hydrogen) atoms. The Balaban J connectivity index is 2.03. The topological polar surface area (TPSA) is 63.3 Å². The average Bonchev–Trinajstić information content (AvgIpc) is 2.73. The average molecular weight is 189 g/mol. The number of carboxylic acids is 1. The Hall–Kier alpha value is -1.51. The van der Waals surface area contributed by atoms with E-state index in [9.17, 15) is 4.79 Å². The highest BCUT2D eigenvalue weighted by Crippen LogP contribution is 2.62. The number of hydrogen-bond donors (Lipinski definition) is 2. The van der Waals surface area contributed by atoms with E-state index in [2.05, 4.69) is 0 Å². The van der Waals surface area contributed by atoms with Crippen LogP contribution in [0.4, 0.5) is 5.69 Å². The molecule has 0 heterocycles. The van der Waals surface area contributed by atoms with Crippen LogP contribution in [0.2, 0.25) is 0 Å². The van der Waals surface area contributed by atoms with Gasteiger partial charge in [-0.15, -0.1) is 0 Å². The van der Waals surface area contributed by atoms with Gasteiger partial charge in [-0.2, -0.15) is 0 Å². The Bertz CT molecular complexity index is 427. The van der Waals surface area contributed by atoms with Crippen molar-refractivity contribution in [1.82, 2.24) is 0 Å². The monoisotopic (exact) mass is 189 g/mol. The van der Waals surface area contributed by atoms with Crippen molar-refractivity contribution in [1.29, 1.82) is 0 Å². The van der Waals surface area contributed by atoms with E-state index >= 15 is 0 Å². The van der Waals surface area contributed by atoms with Crippen LogP contribution in [0.3, 0.4) is 0 Å². The van der Waals surface area contributed by atoms with Crippen LogP contribution in [-0.4, -0.2) is 11.1 Å². The highest BCUT2D eigenvalue weighted by Gasteiger charge is 2.59. The van der Waals surface area contributed by atoms with Gasteiger partial charge in [0.1, 0.15) is 0 Å². The summed E-state index contributed by atoms with van der Waals surface area (Å²) >= 11 is 0. The lowest BCUT2D eigenvalue weighted by molar-refractivity contribution is -0.139. The number of nitrogen functional groups attached to an aromatic ring is 1. The first-order chi connectivity index (χ1) is 6.70. The predicted molar refractivity (Wildman–Crippen MR) is 51.9 cm³/mol. The maximum Gasteiger partial charge on any atom is 0.307 e. The van der Waals surface area contributed by atoms with Gasteiger partial charge in [0, 0.05) is 11.6 Å². The van der Waals surface area contributed by atoms with Gasteiger partial charge in [-0.05, 0) is 29.5 Å². The zero-order valence-electron chi connectivity index (χ0n) is 7.60. The number of carbonyl (C=O) groups is 1. The first kappa shape index (κ1) is 7.85. The van der Waals surface area contributed by atoms with Gasteiger partial charge in [-0.25, -0.2) is 0 Å². The van der Waals surface area contributed by atoms with E-state index in [0.717, 1.165) is 12.1 Å².